The van der Waals surface area contributed by atoms with Gasteiger partial charge in [0.15, 0.2) is 0 Å². The third-order valence-corrected chi connectivity index (χ3v) is 3.94. The van der Waals surface area contributed by atoms with E-state index < -0.39 is 23.8 Å². The molecule has 1 aromatic carbocycles. The molecule has 1 unspecified atom stereocenters. The third-order valence-electron chi connectivity index (χ3n) is 3.94. The Bertz CT molecular complexity index is 627. The molecule has 1 saturated heterocycles. The smallest absolute Gasteiger partial charge is 0.410 e. The molecule has 26 heavy (non-hydrogen) atoms. The molecule has 142 valence electrons. The number of carbonyl (C=O) groups is 3. The van der Waals surface area contributed by atoms with Crippen molar-refractivity contribution in [3.63, 3.8) is 0 Å². The molecule has 0 saturated carbocycles. The van der Waals surface area contributed by atoms with Crippen LogP contribution in [-0.4, -0.2) is 59.5 Å². The molecule has 1 aliphatic heterocycles. The number of hydrogen-bond acceptors (Lipinski definition) is 5. The first-order valence-electron chi connectivity index (χ1n) is 8.69. The summed E-state index contributed by atoms with van der Waals surface area (Å²) in [7, 11) is 0. The van der Waals surface area contributed by atoms with Crippen molar-refractivity contribution in [3.05, 3.63) is 35.9 Å². The SMILES string of the molecule is CC(C)(C)OC(=O)N1CCN(C(=O)OCc2ccccc2)CC1CC=O. The summed E-state index contributed by atoms with van der Waals surface area (Å²) in [5.74, 6) is 0. The number of rotatable bonds is 4. The minimum Gasteiger partial charge on any atom is -0.445 e. The molecule has 0 spiro atoms. The molecule has 0 bridgehead atoms. The minimum absolute atomic E-state index is 0.141. The number of benzene rings is 1. The van der Waals surface area contributed by atoms with E-state index in [1.165, 1.54) is 9.80 Å². The molecule has 1 heterocycles. The Morgan fingerprint density at radius 2 is 1.85 bits per heavy atom. The van der Waals surface area contributed by atoms with E-state index in [0.29, 0.717) is 13.1 Å². The first-order valence-corrected chi connectivity index (χ1v) is 8.69. The molecule has 0 aliphatic carbocycles. The molecular formula is C19H26N2O5. The zero-order valence-corrected chi connectivity index (χ0v) is 15.5. The quantitative estimate of drug-likeness (QED) is 0.770. The number of amides is 2. The number of nitrogens with zero attached hydrogens (tertiary/aromatic N) is 2. The summed E-state index contributed by atoms with van der Waals surface area (Å²) in [5, 5.41) is 0. The summed E-state index contributed by atoms with van der Waals surface area (Å²) in [6, 6.07) is 8.99. The van der Waals surface area contributed by atoms with Crippen molar-refractivity contribution in [2.24, 2.45) is 0 Å². The highest BCUT2D eigenvalue weighted by atomic mass is 16.6. The van der Waals surface area contributed by atoms with Crippen molar-refractivity contribution < 1.29 is 23.9 Å². The zero-order valence-electron chi connectivity index (χ0n) is 15.5. The van der Waals surface area contributed by atoms with Crippen molar-refractivity contribution in [2.75, 3.05) is 19.6 Å². The van der Waals surface area contributed by atoms with Crippen LogP contribution in [0.5, 0.6) is 0 Å². The third kappa shape index (κ3) is 5.75. The first-order chi connectivity index (χ1) is 12.3. The van der Waals surface area contributed by atoms with E-state index in [1.807, 2.05) is 30.3 Å². The highest BCUT2D eigenvalue weighted by Gasteiger charge is 2.35. The van der Waals surface area contributed by atoms with E-state index in [1.54, 1.807) is 20.8 Å². The summed E-state index contributed by atoms with van der Waals surface area (Å²) < 4.78 is 10.7. The van der Waals surface area contributed by atoms with Gasteiger partial charge < -0.3 is 24.1 Å². The van der Waals surface area contributed by atoms with Gasteiger partial charge in [-0.15, -0.1) is 0 Å². The van der Waals surface area contributed by atoms with Gasteiger partial charge in [-0.1, -0.05) is 30.3 Å². The van der Waals surface area contributed by atoms with Gasteiger partial charge in [-0.3, -0.25) is 0 Å². The molecule has 2 amide bonds. The van der Waals surface area contributed by atoms with Gasteiger partial charge in [0.2, 0.25) is 0 Å². The standard InChI is InChI=1S/C19H26N2O5/c1-19(2,3)26-18(24)21-11-10-20(13-16(21)9-12-22)17(23)25-14-15-7-5-4-6-8-15/h4-8,12,16H,9-11,13-14H2,1-3H3. The van der Waals surface area contributed by atoms with Gasteiger partial charge in [0.25, 0.3) is 0 Å². The van der Waals surface area contributed by atoms with Crippen LogP contribution in [0.2, 0.25) is 0 Å². The van der Waals surface area contributed by atoms with Crippen LogP contribution in [0.25, 0.3) is 0 Å². The zero-order chi connectivity index (χ0) is 19.2. The second-order valence-corrected chi connectivity index (χ2v) is 7.22. The number of aldehydes is 1. The van der Waals surface area contributed by atoms with Crippen molar-refractivity contribution in [3.8, 4) is 0 Å². The lowest BCUT2D eigenvalue weighted by Crippen LogP contribution is -2.57. The molecule has 0 aromatic heterocycles. The maximum atomic E-state index is 12.3. The Hall–Kier alpha value is -2.57. The maximum absolute atomic E-state index is 12.3. The van der Waals surface area contributed by atoms with Crippen LogP contribution in [0.1, 0.15) is 32.8 Å². The Balaban J connectivity index is 1.94. The Morgan fingerprint density at radius 3 is 2.46 bits per heavy atom. The van der Waals surface area contributed by atoms with Crippen LogP contribution in [0.3, 0.4) is 0 Å². The van der Waals surface area contributed by atoms with Gasteiger partial charge >= 0.3 is 12.2 Å². The minimum atomic E-state index is -0.617. The lowest BCUT2D eigenvalue weighted by molar-refractivity contribution is -0.109. The topological polar surface area (TPSA) is 76.2 Å². The van der Waals surface area contributed by atoms with E-state index >= 15 is 0 Å². The largest absolute Gasteiger partial charge is 0.445 e. The fourth-order valence-electron chi connectivity index (χ4n) is 2.71. The van der Waals surface area contributed by atoms with Crippen molar-refractivity contribution in [1.82, 2.24) is 9.80 Å². The molecule has 0 radical (unpaired) electrons. The maximum Gasteiger partial charge on any atom is 0.410 e. The molecular weight excluding hydrogens is 336 g/mol. The van der Waals surface area contributed by atoms with E-state index in [-0.39, 0.29) is 19.6 Å². The summed E-state index contributed by atoms with van der Waals surface area (Å²) in [4.78, 5) is 38.7. The number of hydrogen-bond donors (Lipinski definition) is 0. The van der Waals surface area contributed by atoms with E-state index in [0.717, 1.165) is 11.8 Å². The van der Waals surface area contributed by atoms with Gasteiger partial charge in [0, 0.05) is 26.1 Å². The van der Waals surface area contributed by atoms with Crippen LogP contribution in [-0.2, 0) is 20.9 Å². The second kappa shape index (κ2) is 8.69. The molecule has 1 aromatic rings. The van der Waals surface area contributed by atoms with Crippen molar-refractivity contribution in [1.29, 1.82) is 0 Å². The van der Waals surface area contributed by atoms with Gasteiger partial charge in [-0.2, -0.15) is 0 Å². The summed E-state index contributed by atoms with van der Waals surface area (Å²) in [5.41, 5.74) is 0.284. The van der Waals surface area contributed by atoms with Crippen LogP contribution in [0, 0.1) is 0 Å². The predicted molar refractivity (Wildman–Crippen MR) is 95.6 cm³/mol. The molecule has 1 fully saturated rings. The average Bonchev–Trinajstić information content (AvgIpc) is 2.59. The highest BCUT2D eigenvalue weighted by molar-refractivity contribution is 5.71. The monoisotopic (exact) mass is 362 g/mol. The molecule has 7 nitrogen and oxygen atoms in total. The van der Waals surface area contributed by atoms with E-state index in [2.05, 4.69) is 0 Å². The lowest BCUT2D eigenvalue weighted by atomic mass is 10.1. The van der Waals surface area contributed by atoms with Gasteiger partial charge in [-0.25, -0.2) is 9.59 Å². The van der Waals surface area contributed by atoms with Crippen LogP contribution in [0.4, 0.5) is 9.59 Å². The number of ether oxygens (including phenoxy) is 2. The van der Waals surface area contributed by atoms with Crippen molar-refractivity contribution in [2.45, 2.75) is 45.4 Å². The molecule has 2 rings (SSSR count). The van der Waals surface area contributed by atoms with Crippen LogP contribution < -0.4 is 0 Å². The molecule has 1 atom stereocenters. The predicted octanol–water partition coefficient (Wildman–Crippen LogP) is 2.83. The Morgan fingerprint density at radius 1 is 1.15 bits per heavy atom. The summed E-state index contributed by atoms with van der Waals surface area (Å²) >= 11 is 0. The summed E-state index contributed by atoms with van der Waals surface area (Å²) in [6.45, 7) is 6.43. The molecule has 7 heteroatoms. The van der Waals surface area contributed by atoms with Gasteiger partial charge in [0.05, 0.1) is 6.04 Å². The van der Waals surface area contributed by atoms with Crippen LogP contribution in [0.15, 0.2) is 30.3 Å². The van der Waals surface area contributed by atoms with E-state index in [9.17, 15) is 14.4 Å². The van der Waals surface area contributed by atoms with Gasteiger partial charge in [0.1, 0.15) is 18.5 Å². The number of piperazine rings is 1. The number of carbonyl (C=O) groups excluding carboxylic acids is 3. The molecule has 1 aliphatic rings. The molecule has 0 N–H and O–H groups in total. The normalized spacial score (nSPS) is 17.6. The Labute approximate surface area is 153 Å². The summed E-state index contributed by atoms with van der Waals surface area (Å²) in [6.07, 6.45) is -0.0297. The Kier molecular flexibility index (Phi) is 6.60. The highest BCUT2D eigenvalue weighted by Crippen LogP contribution is 2.18. The van der Waals surface area contributed by atoms with Crippen LogP contribution >= 0.6 is 0 Å². The lowest BCUT2D eigenvalue weighted by Gasteiger charge is -2.40. The fraction of sp³-hybridized carbons (Fsp3) is 0.526. The van der Waals surface area contributed by atoms with Gasteiger partial charge in [-0.05, 0) is 26.3 Å². The average molecular weight is 362 g/mol. The fourth-order valence-corrected chi connectivity index (χ4v) is 2.71. The second-order valence-electron chi connectivity index (χ2n) is 7.22. The van der Waals surface area contributed by atoms with E-state index in [4.69, 9.17) is 9.47 Å². The first kappa shape index (κ1) is 19.8. The van der Waals surface area contributed by atoms with Crippen molar-refractivity contribution >= 4 is 18.5 Å².